The topological polar surface area (TPSA) is 63.2 Å². The molecule has 1 aliphatic rings. The number of thiophene rings is 1. The predicted molar refractivity (Wildman–Crippen MR) is 97.7 cm³/mol. The van der Waals surface area contributed by atoms with E-state index in [1.165, 1.54) is 11.3 Å². The summed E-state index contributed by atoms with van der Waals surface area (Å²) >= 11 is 1.38. The van der Waals surface area contributed by atoms with Crippen molar-refractivity contribution in [3.05, 3.63) is 76.5 Å². The summed E-state index contributed by atoms with van der Waals surface area (Å²) in [6.07, 6.45) is 0.322. The molecule has 0 spiro atoms. The summed E-state index contributed by atoms with van der Waals surface area (Å²) in [6.45, 7) is 0. The molecule has 0 radical (unpaired) electrons. The van der Waals surface area contributed by atoms with Crippen molar-refractivity contribution in [1.29, 1.82) is 0 Å². The van der Waals surface area contributed by atoms with Gasteiger partial charge in [-0.05, 0) is 17.7 Å². The van der Waals surface area contributed by atoms with Gasteiger partial charge in [0.05, 0.1) is 10.6 Å². The lowest BCUT2D eigenvalue weighted by Crippen LogP contribution is -2.23. The Balaban J connectivity index is 1.85. The smallest absolute Gasteiger partial charge is 0.225 e. The molecule has 0 bridgehead atoms. The summed E-state index contributed by atoms with van der Waals surface area (Å²) in [5.41, 5.74) is 1.45. The minimum absolute atomic E-state index is 0.116. The molecule has 25 heavy (non-hydrogen) atoms. The summed E-state index contributed by atoms with van der Waals surface area (Å²) in [5.74, 6) is -0.279. The third-order valence-electron chi connectivity index (χ3n) is 4.30. The summed E-state index contributed by atoms with van der Waals surface area (Å²) in [4.78, 5) is 13.5. The van der Waals surface area contributed by atoms with Crippen molar-refractivity contribution >= 4 is 32.8 Å². The molecule has 3 aromatic rings. The molecule has 4 nitrogen and oxygen atoms in total. The number of fused-ring (bicyclic) bond motifs is 1. The molecule has 1 unspecified atom stereocenters. The fourth-order valence-corrected chi connectivity index (χ4v) is 6.01. The monoisotopic (exact) mass is 369 g/mol. The summed E-state index contributed by atoms with van der Waals surface area (Å²) < 4.78 is 25.9. The first kappa shape index (κ1) is 16.1. The van der Waals surface area contributed by atoms with Crippen LogP contribution >= 0.6 is 11.3 Å². The van der Waals surface area contributed by atoms with Gasteiger partial charge >= 0.3 is 0 Å². The van der Waals surface area contributed by atoms with Crippen LogP contribution in [0.25, 0.3) is 0 Å². The SMILES string of the molecule is O=C1CC(c2ccccc2)c2scc(S(=O)(=O)c3ccccc3)c2N1. The van der Waals surface area contributed by atoms with Gasteiger partial charge in [0.2, 0.25) is 15.7 Å². The van der Waals surface area contributed by atoms with E-state index in [2.05, 4.69) is 5.32 Å². The molecule has 1 N–H and O–H groups in total. The van der Waals surface area contributed by atoms with Crippen molar-refractivity contribution in [1.82, 2.24) is 0 Å². The fraction of sp³-hybridized carbons (Fsp3) is 0.105. The molecule has 126 valence electrons. The summed E-state index contributed by atoms with van der Waals surface area (Å²) in [5, 5.41) is 4.41. The van der Waals surface area contributed by atoms with E-state index in [4.69, 9.17) is 0 Å². The van der Waals surface area contributed by atoms with Gasteiger partial charge in [-0.1, -0.05) is 48.5 Å². The van der Waals surface area contributed by atoms with Gasteiger partial charge in [-0.2, -0.15) is 0 Å². The average Bonchev–Trinajstić information content (AvgIpc) is 3.07. The highest BCUT2D eigenvalue weighted by atomic mass is 32.2. The quantitative estimate of drug-likeness (QED) is 0.757. The van der Waals surface area contributed by atoms with E-state index in [0.29, 0.717) is 12.1 Å². The highest BCUT2D eigenvalue weighted by Gasteiger charge is 2.34. The molecule has 2 heterocycles. The average molecular weight is 369 g/mol. The maximum Gasteiger partial charge on any atom is 0.225 e. The predicted octanol–water partition coefficient (Wildman–Crippen LogP) is 4.06. The molecular weight excluding hydrogens is 354 g/mol. The van der Waals surface area contributed by atoms with Crippen LogP contribution < -0.4 is 5.32 Å². The van der Waals surface area contributed by atoms with Crippen molar-refractivity contribution < 1.29 is 13.2 Å². The Morgan fingerprint density at radius 3 is 2.28 bits per heavy atom. The molecule has 6 heteroatoms. The molecular formula is C19H15NO3S2. The summed E-state index contributed by atoms with van der Waals surface area (Å²) in [7, 11) is -3.67. The number of nitrogens with one attached hydrogen (secondary N) is 1. The summed E-state index contributed by atoms with van der Waals surface area (Å²) in [6, 6.07) is 18.0. The Hall–Kier alpha value is -2.44. The highest BCUT2D eigenvalue weighted by Crippen LogP contribution is 2.45. The van der Waals surface area contributed by atoms with E-state index in [-0.39, 0.29) is 21.6 Å². The zero-order valence-electron chi connectivity index (χ0n) is 13.2. The second-order valence-corrected chi connectivity index (χ2v) is 8.70. The Bertz CT molecular complexity index is 1030. The molecule has 0 saturated carbocycles. The minimum atomic E-state index is -3.67. The normalized spacial score (nSPS) is 17.0. The number of benzene rings is 2. The number of anilines is 1. The van der Waals surface area contributed by atoms with Gasteiger partial charge in [-0.25, -0.2) is 8.42 Å². The number of sulfone groups is 1. The van der Waals surface area contributed by atoms with Crippen LogP contribution in [0.2, 0.25) is 0 Å². The second kappa shape index (κ2) is 6.13. The first-order valence-corrected chi connectivity index (χ1v) is 10.2. The van der Waals surface area contributed by atoms with E-state index in [0.717, 1.165) is 10.4 Å². The molecule has 0 fully saturated rings. The van der Waals surface area contributed by atoms with Gasteiger partial charge in [0.25, 0.3) is 0 Å². The molecule has 1 aliphatic heterocycles. The molecule has 0 saturated heterocycles. The maximum absolute atomic E-state index is 13.0. The fourth-order valence-electron chi connectivity index (χ4n) is 3.08. The van der Waals surface area contributed by atoms with E-state index >= 15 is 0 Å². The van der Waals surface area contributed by atoms with Gasteiger partial charge in [-0.3, -0.25) is 4.79 Å². The van der Waals surface area contributed by atoms with E-state index in [1.807, 2.05) is 30.3 Å². The third-order valence-corrected chi connectivity index (χ3v) is 7.34. The van der Waals surface area contributed by atoms with Crippen LogP contribution in [0.3, 0.4) is 0 Å². The van der Waals surface area contributed by atoms with Crippen molar-refractivity contribution in [2.45, 2.75) is 22.1 Å². The third kappa shape index (κ3) is 2.77. The van der Waals surface area contributed by atoms with Crippen molar-refractivity contribution in [3.63, 3.8) is 0 Å². The standard InChI is InChI=1S/C19H15NO3S2/c21-17-11-15(13-7-3-1-4-8-13)19-18(20-17)16(12-24-19)25(22,23)14-9-5-2-6-10-14/h1-10,12,15H,11H2,(H,20,21). The van der Waals surface area contributed by atoms with Gasteiger partial charge in [0, 0.05) is 22.6 Å². The molecule has 1 amide bonds. The lowest BCUT2D eigenvalue weighted by atomic mass is 9.91. The molecule has 0 aliphatic carbocycles. The van der Waals surface area contributed by atoms with Crippen LogP contribution in [-0.4, -0.2) is 14.3 Å². The number of amides is 1. The van der Waals surface area contributed by atoms with Crippen LogP contribution in [0, 0.1) is 0 Å². The number of hydrogen-bond acceptors (Lipinski definition) is 4. The van der Waals surface area contributed by atoms with E-state index < -0.39 is 9.84 Å². The van der Waals surface area contributed by atoms with E-state index in [9.17, 15) is 13.2 Å². The molecule has 2 aromatic carbocycles. The van der Waals surface area contributed by atoms with Crippen LogP contribution in [0.15, 0.2) is 75.8 Å². The first-order valence-electron chi connectivity index (χ1n) is 7.83. The van der Waals surface area contributed by atoms with Crippen LogP contribution in [-0.2, 0) is 14.6 Å². The number of hydrogen-bond donors (Lipinski definition) is 1. The zero-order chi connectivity index (χ0) is 17.4. The van der Waals surface area contributed by atoms with Crippen LogP contribution in [0.5, 0.6) is 0 Å². The lowest BCUT2D eigenvalue weighted by molar-refractivity contribution is -0.116. The van der Waals surface area contributed by atoms with Crippen molar-refractivity contribution in [3.8, 4) is 0 Å². The molecule has 1 atom stereocenters. The maximum atomic E-state index is 13.0. The Morgan fingerprint density at radius 2 is 1.60 bits per heavy atom. The van der Waals surface area contributed by atoms with Gasteiger partial charge < -0.3 is 5.32 Å². The molecule has 1 aromatic heterocycles. The van der Waals surface area contributed by atoms with Gasteiger partial charge in [0.15, 0.2) is 0 Å². The van der Waals surface area contributed by atoms with Crippen molar-refractivity contribution in [2.75, 3.05) is 5.32 Å². The Morgan fingerprint density at radius 1 is 0.960 bits per heavy atom. The second-order valence-electron chi connectivity index (χ2n) is 5.87. The Kier molecular flexibility index (Phi) is 3.94. The van der Waals surface area contributed by atoms with Crippen LogP contribution in [0.4, 0.5) is 5.69 Å². The largest absolute Gasteiger partial charge is 0.324 e. The Labute approximate surface area is 150 Å². The highest BCUT2D eigenvalue weighted by molar-refractivity contribution is 7.91. The minimum Gasteiger partial charge on any atom is -0.324 e. The number of carbonyl (C=O) groups is 1. The van der Waals surface area contributed by atoms with Crippen LogP contribution in [0.1, 0.15) is 22.8 Å². The van der Waals surface area contributed by atoms with Gasteiger partial charge in [0.1, 0.15) is 4.90 Å². The number of carbonyl (C=O) groups excluding carboxylic acids is 1. The van der Waals surface area contributed by atoms with E-state index in [1.54, 1.807) is 35.7 Å². The van der Waals surface area contributed by atoms with Gasteiger partial charge in [-0.15, -0.1) is 11.3 Å². The van der Waals surface area contributed by atoms with Crippen molar-refractivity contribution in [2.24, 2.45) is 0 Å². The number of rotatable bonds is 3. The first-order chi connectivity index (χ1) is 12.1. The zero-order valence-corrected chi connectivity index (χ0v) is 14.8. The lowest BCUT2D eigenvalue weighted by Gasteiger charge is -2.23. The molecule has 4 rings (SSSR count).